The van der Waals surface area contributed by atoms with Gasteiger partial charge in [0.25, 0.3) is 5.91 Å². The molecule has 4 amide bonds. The SMILES string of the molecule is CNC(=O)NC(=O)C12CC3CC(C1)C(NC(=O)C(C)(C)Oc1ccc(Cl)cc1)[C@H](C3)C2. The highest BCUT2D eigenvalue weighted by molar-refractivity contribution is 6.30. The third-order valence-corrected chi connectivity index (χ3v) is 7.49. The number of hydrogen-bond acceptors (Lipinski definition) is 4. The average Bonchev–Trinajstić information content (AvgIpc) is 2.71. The van der Waals surface area contributed by atoms with Crippen molar-refractivity contribution in [3.05, 3.63) is 29.3 Å². The summed E-state index contributed by atoms with van der Waals surface area (Å²) in [6.45, 7) is 3.51. The minimum atomic E-state index is -1.04. The van der Waals surface area contributed by atoms with Gasteiger partial charge >= 0.3 is 6.03 Å². The Hall–Kier alpha value is -2.28. The summed E-state index contributed by atoms with van der Waals surface area (Å²) in [7, 11) is 1.50. The van der Waals surface area contributed by atoms with Crippen molar-refractivity contribution in [2.75, 3.05) is 7.05 Å². The number of halogens is 1. The Balaban J connectivity index is 1.43. The lowest BCUT2D eigenvalue weighted by Crippen LogP contribution is -2.64. The Bertz CT molecular complexity index is 869. The molecule has 1 aromatic rings. The van der Waals surface area contributed by atoms with Gasteiger partial charge in [0, 0.05) is 18.1 Å². The van der Waals surface area contributed by atoms with E-state index in [1.165, 1.54) is 7.05 Å². The molecule has 7 nitrogen and oxygen atoms in total. The highest BCUT2D eigenvalue weighted by Gasteiger charge is 2.59. The van der Waals surface area contributed by atoms with Crippen LogP contribution in [0.15, 0.2) is 24.3 Å². The van der Waals surface area contributed by atoms with Gasteiger partial charge in [0.1, 0.15) is 5.75 Å². The van der Waals surface area contributed by atoms with Crippen molar-refractivity contribution < 1.29 is 19.1 Å². The Labute approximate surface area is 187 Å². The maximum absolute atomic E-state index is 13.1. The minimum absolute atomic E-state index is 0.0260. The molecule has 0 heterocycles. The van der Waals surface area contributed by atoms with Crippen LogP contribution in [0, 0.1) is 23.2 Å². The van der Waals surface area contributed by atoms with Gasteiger partial charge in [-0.2, -0.15) is 0 Å². The van der Waals surface area contributed by atoms with Gasteiger partial charge in [0.2, 0.25) is 5.91 Å². The lowest BCUT2D eigenvalue weighted by molar-refractivity contribution is -0.151. The molecule has 0 aliphatic heterocycles. The normalized spacial score (nSPS) is 31.1. The summed E-state index contributed by atoms with van der Waals surface area (Å²) < 4.78 is 5.95. The van der Waals surface area contributed by atoms with Gasteiger partial charge in [-0.1, -0.05) is 11.6 Å². The van der Waals surface area contributed by atoms with E-state index in [1.54, 1.807) is 38.1 Å². The van der Waals surface area contributed by atoms with Crippen LogP contribution >= 0.6 is 11.6 Å². The second kappa shape index (κ2) is 8.01. The van der Waals surface area contributed by atoms with Crippen LogP contribution in [0.4, 0.5) is 4.79 Å². The Morgan fingerprint density at radius 3 is 2.26 bits per heavy atom. The second-order valence-electron chi connectivity index (χ2n) is 9.85. The fraction of sp³-hybridized carbons (Fsp3) is 0.609. The lowest BCUT2D eigenvalue weighted by Gasteiger charge is -2.59. The van der Waals surface area contributed by atoms with Gasteiger partial charge in [0.15, 0.2) is 5.60 Å². The van der Waals surface area contributed by atoms with Crippen molar-refractivity contribution in [2.45, 2.75) is 57.6 Å². The number of amides is 4. The van der Waals surface area contributed by atoms with E-state index in [1.807, 2.05) is 0 Å². The molecule has 5 rings (SSSR count). The van der Waals surface area contributed by atoms with Gasteiger partial charge < -0.3 is 15.4 Å². The van der Waals surface area contributed by atoms with Crippen LogP contribution in [0.1, 0.15) is 46.0 Å². The van der Waals surface area contributed by atoms with Crippen LogP contribution < -0.4 is 20.7 Å². The first-order valence-corrected chi connectivity index (χ1v) is 11.3. The summed E-state index contributed by atoms with van der Waals surface area (Å²) >= 11 is 5.93. The molecule has 0 aromatic heterocycles. The van der Waals surface area contributed by atoms with Crippen LogP contribution in [-0.2, 0) is 9.59 Å². The number of imide groups is 1. The molecular weight excluding hydrogens is 418 g/mol. The molecule has 168 valence electrons. The van der Waals surface area contributed by atoms with E-state index in [0.717, 1.165) is 19.3 Å². The molecule has 4 aliphatic rings. The quantitative estimate of drug-likeness (QED) is 0.645. The van der Waals surface area contributed by atoms with Crippen LogP contribution in [0.2, 0.25) is 5.02 Å². The van der Waals surface area contributed by atoms with Crippen LogP contribution in [0.25, 0.3) is 0 Å². The number of carbonyl (C=O) groups excluding carboxylic acids is 3. The molecule has 4 fully saturated rings. The predicted octanol–water partition coefficient (Wildman–Crippen LogP) is 3.26. The van der Waals surface area contributed by atoms with Crippen LogP contribution in [0.5, 0.6) is 5.75 Å². The number of ether oxygens (including phenoxy) is 1. The van der Waals surface area contributed by atoms with Gasteiger partial charge in [-0.15, -0.1) is 0 Å². The smallest absolute Gasteiger partial charge is 0.321 e. The summed E-state index contributed by atoms with van der Waals surface area (Å²) in [6.07, 6.45) is 4.25. The number of hydrogen-bond donors (Lipinski definition) is 3. The molecule has 31 heavy (non-hydrogen) atoms. The maximum atomic E-state index is 13.1. The summed E-state index contributed by atoms with van der Waals surface area (Å²) in [5.74, 6) is 1.18. The zero-order chi connectivity index (χ0) is 22.4. The van der Waals surface area contributed by atoms with E-state index in [-0.39, 0.29) is 29.7 Å². The van der Waals surface area contributed by atoms with E-state index in [9.17, 15) is 14.4 Å². The fourth-order valence-corrected chi connectivity index (χ4v) is 6.13. The zero-order valence-corrected chi connectivity index (χ0v) is 18.9. The first-order chi connectivity index (χ1) is 14.6. The molecule has 3 N–H and O–H groups in total. The summed E-state index contributed by atoms with van der Waals surface area (Å²) in [5, 5.41) is 8.80. The number of urea groups is 1. The third kappa shape index (κ3) is 4.25. The molecule has 8 heteroatoms. The highest BCUT2D eigenvalue weighted by Crippen LogP contribution is 2.60. The van der Waals surface area contributed by atoms with Crippen LogP contribution in [0.3, 0.4) is 0 Å². The monoisotopic (exact) mass is 447 g/mol. The van der Waals surface area contributed by atoms with E-state index >= 15 is 0 Å². The molecule has 4 bridgehead atoms. The molecule has 4 unspecified atom stereocenters. The van der Waals surface area contributed by atoms with Gasteiger partial charge in [0.05, 0.1) is 5.41 Å². The standard InChI is InChI=1S/C23H30ClN3O4/c1-22(2,31-17-6-4-16(24)5-7-17)19(28)26-18-14-8-13-9-15(18)12-23(10-13,11-14)20(29)27-21(30)25-3/h4-7,13-15,18H,8-12H2,1-3H3,(H,26,28)(H2,25,27,29,30)/t13?,14-,15?,18?,23?/m1/s1. The molecule has 4 aliphatic carbocycles. The Kier molecular flexibility index (Phi) is 5.66. The van der Waals surface area contributed by atoms with E-state index in [0.29, 0.717) is 29.5 Å². The third-order valence-electron chi connectivity index (χ3n) is 7.24. The topological polar surface area (TPSA) is 96.5 Å². The first-order valence-electron chi connectivity index (χ1n) is 10.9. The molecule has 0 radical (unpaired) electrons. The van der Waals surface area contributed by atoms with Crippen molar-refractivity contribution in [2.24, 2.45) is 23.2 Å². The predicted molar refractivity (Wildman–Crippen MR) is 117 cm³/mol. The zero-order valence-electron chi connectivity index (χ0n) is 18.2. The largest absolute Gasteiger partial charge is 0.478 e. The van der Waals surface area contributed by atoms with E-state index in [2.05, 4.69) is 16.0 Å². The highest BCUT2D eigenvalue weighted by atomic mass is 35.5. The van der Waals surface area contributed by atoms with Crippen molar-refractivity contribution in [3.8, 4) is 5.75 Å². The number of benzene rings is 1. The summed E-state index contributed by atoms with van der Waals surface area (Å²) in [4.78, 5) is 37.7. The summed E-state index contributed by atoms with van der Waals surface area (Å²) in [5.41, 5.74) is -1.55. The second-order valence-corrected chi connectivity index (χ2v) is 10.3. The number of rotatable bonds is 5. The molecule has 0 spiro atoms. The summed E-state index contributed by atoms with van der Waals surface area (Å²) in [6, 6.07) is 6.51. The fourth-order valence-electron chi connectivity index (χ4n) is 6.01. The van der Waals surface area contributed by atoms with Crippen molar-refractivity contribution >= 4 is 29.4 Å². The molecule has 0 saturated heterocycles. The van der Waals surface area contributed by atoms with Gasteiger partial charge in [-0.25, -0.2) is 4.79 Å². The molecule has 5 atom stereocenters. The maximum Gasteiger partial charge on any atom is 0.321 e. The van der Waals surface area contributed by atoms with E-state index in [4.69, 9.17) is 16.3 Å². The number of carbonyl (C=O) groups is 3. The van der Waals surface area contributed by atoms with Crippen molar-refractivity contribution in [1.82, 2.24) is 16.0 Å². The Morgan fingerprint density at radius 2 is 1.68 bits per heavy atom. The minimum Gasteiger partial charge on any atom is -0.478 e. The number of nitrogens with one attached hydrogen (secondary N) is 3. The average molecular weight is 448 g/mol. The van der Waals surface area contributed by atoms with Crippen molar-refractivity contribution in [3.63, 3.8) is 0 Å². The lowest BCUT2D eigenvalue weighted by atomic mass is 9.47. The Morgan fingerprint density at radius 1 is 1.06 bits per heavy atom. The van der Waals surface area contributed by atoms with Crippen molar-refractivity contribution in [1.29, 1.82) is 0 Å². The molecule has 1 aromatic carbocycles. The van der Waals surface area contributed by atoms with Gasteiger partial charge in [-0.3, -0.25) is 14.9 Å². The molecule has 4 saturated carbocycles. The van der Waals surface area contributed by atoms with E-state index < -0.39 is 17.0 Å². The molecular formula is C23H30ClN3O4. The van der Waals surface area contributed by atoms with Gasteiger partial charge in [-0.05, 0) is 88.0 Å². The first kappa shape index (κ1) is 21.9. The van der Waals surface area contributed by atoms with Crippen LogP contribution in [-0.4, -0.2) is 36.5 Å².